The maximum atomic E-state index is 12.5. The molecule has 0 saturated carbocycles. The molecule has 1 fully saturated rings. The second-order valence-corrected chi connectivity index (χ2v) is 6.65. The molecule has 1 atom stereocenters. The van der Waals surface area contributed by atoms with Crippen LogP contribution >= 0.6 is 0 Å². The van der Waals surface area contributed by atoms with Gasteiger partial charge in [-0.25, -0.2) is 15.0 Å². The first-order valence-electron chi connectivity index (χ1n) is 8.67. The molecule has 2 aromatic heterocycles. The number of nitrogens with zero attached hydrogens (tertiary/aromatic N) is 6. The zero-order valence-electron chi connectivity index (χ0n) is 14.8. The van der Waals surface area contributed by atoms with E-state index in [1.807, 2.05) is 36.3 Å². The van der Waals surface area contributed by atoms with E-state index in [-0.39, 0.29) is 5.91 Å². The normalized spacial score (nSPS) is 17.8. The lowest BCUT2D eigenvalue weighted by atomic mass is 9.95. The molecule has 2 aromatic rings. The number of anilines is 1. The van der Waals surface area contributed by atoms with Gasteiger partial charge in [0, 0.05) is 33.4 Å². The molecule has 0 N–H and O–H groups in total. The van der Waals surface area contributed by atoms with Gasteiger partial charge in [-0.2, -0.15) is 0 Å². The highest BCUT2D eigenvalue weighted by Crippen LogP contribution is 2.22. The van der Waals surface area contributed by atoms with Gasteiger partial charge < -0.3 is 9.80 Å². The number of carbonyl (C=O) groups is 1. The largest absolute Gasteiger partial charge is 0.361 e. The summed E-state index contributed by atoms with van der Waals surface area (Å²) in [4.78, 5) is 33.3. The molecule has 3 heterocycles. The van der Waals surface area contributed by atoms with Crippen LogP contribution in [0.2, 0.25) is 0 Å². The topological polar surface area (TPSA) is 75.1 Å². The Morgan fingerprint density at radius 2 is 2.08 bits per heavy atom. The predicted molar refractivity (Wildman–Crippen MR) is 95.3 cm³/mol. The molecule has 132 valence electrons. The molecule has 1 aliphatic heterocycles. The van der Waals surface area contributed by atoms with Crippen LogP contribution < -0.4 is 4.90 Å². The average molecular weight is 340 g/mol. The van der Waals surface area contributed by atoms with E-state index in [0.717, 1.165) is 50.3 Å². The van der Waals surface area contributed by atoms with Crippen molar-refractivity contribution in [2.75, 3.05) is 32.1 Å². The second kappa shape index (κ2) is 8.00. The highest BCUT2D eigenvalue weighted by molar-refractivity contribution is 5.92. The summed E-state index contributed by atoms with van der Waals surface area (Å²) < 4.78 is 0. The third kappa shape index (κ3) is 4.49. The van der Waals surface area contributed by atoms with E-state index < -0.39 is 0 Å². The molecule has 0 aromatic carbocycles. The van der Waals surface area contributed by atoms with E-state index in [2.05, 4.69) is 19.9 Å². The smallest absolute Gasteiger partial charge is 0.272 e. The number of likely N-dealkylation sites (tertiary alicyclic amines) is 1. The summed E-state index contributed by atoms with van der Waals surface area (Å²) in [6.07, 6.45) is 10.7. The molecule has 25 heavy (non-hydrogen) atoms. The maximum absolute atomic E-state index is 12.5. The molecule has 1 saturated heterocycles. The van der Waals surface area contributed by atoms with E-state index in [1.165, 1.54) is 6.33 Å². The number of amides is 1. The number of aromatic nitrogens is 4. The molecular weight excluding hydrogens is 316 g/mol. The Morgan fingerprint density at radius 3 is 2.76 bits per heavy atom. The molecule has 1 aliphatic rings. The van der Waals surface area contributed by atoms with Crippen LogP contribution in [-0.4, -0.2) is 57.9 Å². The van der Waals surface area contributed by atoms with Gasteiger partial charge >= 0.3 is 0 Å². The Hall–Kier alpha value is -2.57. The summed E-state index contributed by atoms with van der Waals surface area (Å²) in [6, 6.07) is 1.67. The van der Waals surface area contributed by atoms with Crippen LogP contribution in [0.25, 0.3) is 0 Å². The van der Waals surface area contributed by atoms with Crippen LogP contribution in [-0.2, 0) is 6.42 Å². The van der Waals surface area contributed by atoms with Gasteiger partial charge in [-0.3, -0.25) is 9.78 Å². The zero-order chi connectivity index (χ0) is 17.6. The molecule has 3 rings (SSSR count). The molecule has 7 heteroatoms. The van der Waals surface area contributed by atoms with Crippen molar-refractivity contribution >= 4 is 11.7 Å². The summed E-state index contributed by atoms with van der Waals surface area (Å²) in [5, 5.41) is 0. The van der Waals surface area contributed by atoms with Gasteiger partial charge in [0.2, 0.25) is 0 Å². The van der Waals surface area contributed by atoms with Gasteiger partial charge in [-0.15, -0.1) is 0 Å². The van der Waals surface area contributed by atoms with Crippen LogP contribution in [0.3, 0.4) is 0 Å². The van der Waals surface area contributed by atoms with Crippen LogP contribution in [0.1, 0.15) is 35.4 Å². The molecule has 7 nitrogen and oxygen atoms in total. The highest BCUT2D eigenvalue weighted by atomic mass is 16.2. The van der Waals surface area contributed by atoms with Crippen molar-refractivity contribution in [3.63, 3.8) is 0 Å². The minimum Gasteiger partial charge on any atom is -0.361 e. The van der Waals surface area contributed by atoms with Gasteiger partial charge in [-0.05, 0) is 37.7 Å². The first kappa shape index (κ1) is 17.3. The Labute approximate surface area is 148 Å². The third-order valence-corrected chi connectivity index (χ3v) is 4.58. The van der Waals surface area contributed by atoms with E-state index in [0.29, 0.717) is 11.6 Å². The standard InChI is InChI=1S/C18H24N6O/c1-23(2)17-12-20-15(11-21-17)10-14-4-3-8-24(9-6-14)18(25)16-5-7-19-13-22-16/h5,7,11-14H,3-4,6,8-10H2,1-2H3. The highest BCUT2D eigenvalue weighted by Gasteiger charge is 2.22. The van der Waals surface area contributed by atoms with Crippen molar-refractivity contribution in [1.29, 1.82) is 0 Å². The quantitative estimate of drug-likeness (QED) is 0.845. The lowest BCUT2D eigenvalue weighted by Gasteiger charge is -2.20. The van der Waals surface area contributed by atoms with Gasteiger partial charge in [-0.1, -0.05) is 0 Å². The summed E-state index contributed by atoms with van der Waals surface area (Å²) in [5.41, 5.74) is 1.49. The molecular formula is C18H24N6O. The van der Waals surface area contributed by atoms with Crippen molar-refractivity contribution in [3.05, 3.63) is 42.4 Å². The van der Waals surface area contributed by atoms with Crippen LogP contribution in [0.5, 0.6) is 0 Å². The van der Waals surface area contributed by atoms with Crippen LogP contribution in [0.15, 0.2) is 31.0 Å². The second-order valence-electron chi connectivity index (χ2n) is 6.65. The molecule has 0 radical (unpaired) electrons. The molecule has 0 spiro atoms. The minimum atomic E-state index is -0.00169. The average Bonchev–Trinajstić information content (AvgIpc) is 2.88. The fourth-order valence-electron chi connectivity index (χ4n) is 3.13. The molecule has 1 unspecified atom stereocenters. The van der Waals surface area contributed by atoms with E-state index in [1.54, 1.807) is 12.3 Å². The van der Waals surface area contributed by atoms with Crippen LogP contribution in [0, 0.1) is 5.92 Å². The van der Waals surface area contributed by atoms with Gasteiger partial charge in [0.1, 0.15) is 17.8 Å². The van der Waals surface area contributed by atoms with E-state index >= 15 is 0 Å². The Morgan fingerprint density at radius 1 is 1.20 bits per heavy atom. The zero-order valence-corrected chi connectivity index (χ0v) is 14.8. The lowest BCUT2D eigenvalue weighted by molar-refractivity contribution is 0.0754. The maximum Gasteiger partial charge on any atom is 0.272 e. The summed E-state index contributed by atoms with van der Waals surface area (Å²) in [5.74, 6) is 1.40. The van der Waals surface area contributed by atoms with Crippen molar-refractivity contribution in [1.82, 2.24) is 24.8 Å². The molecule has 1 amide bonds. The van der Waals surface area contributed by atoms with Crippen molar-refractivity contribution in [2.24, 2.45) is 5.92 Å². The van der Waals surface area contributed by atoms with Gasteiger partial charge in [0.15, 0.2) is 0 Å². The van der Waals surface area contributed by atoms with Crippen molar-refractivity contribution in [2.45, 2.75) is 25.7 Å². The Balaban J connectivity index is 1.57. The summed E-state index contributed by atoms with van der Waals surface area (Å²) in [6.45, 7) is 1.54. The number of carbonyl (C=O) groups excluding carboxylic acids is 1. The van der Waals surface area contributed by atoms with E-state index in [9.17, 15) is 4.79 Å². The summed E-state index contributed by atoms with van der Waals surface area (Å²) in [7, 11) is 3.91. The fourth-order valence-corrected chi connectivity index (χ4v) is 3.13. The van der Waals surface area contributed by atoms with Gasteiger partial charge in [0.05, 0.1) is 18.1 Å². The van der Waals surface area contributed by atoms with E-state index in [4.69, 9.17) is 0 Å². The molecule has 0 bridgehead atoms. The Bertz CT molecular complexity index is 688. The monoisotopic (exact) mass is 340 g/mol. The molecule has 0 aliphatic carbocycles. The number of rotatable bonds is 4. The lowest BCUT2D eigenvalue weighted by Crippen LogP contribution is -2.32. The number of hydrogen-bond donors (Lipinski definition) is 0. The first-order valence-corrected chi connectivity index (χ1v) is 8.67. The minimum absolute atomic E-state index is 0.00169. The van der Waals surface area contributed by atoms with Crippen molar-refractivity contribution in [3.8, 4) is 0 Å². The fraction of sp³-hybridized carbons (Fsp3) is 0.500. The Kier molecular flexibility index (Phi) is 5.53. The number of hydrogen-bond acceptors (Lipinski definition) is 6. The summed E-state index contributed by atoms with van der Waals surface area (Å²) >= 11 is 0. The van der Waals surface area contributed by atoms with Gasteiger partial charge in [0.25, 0.3) is 5.91 Å². The third-order valence-electron chi connectivity index (χ3n) is 4.58. The predicted octanol–water partition coefficient (Wildman–Crippen LogP) is 1.82. The van der Waals surface area contributed by atoms with Crippen molar-refractivity contribution < 1.29 is 4.79 Å². The SMILES string of the molecule is CN(C)c1cnc(CC2CCCN(C(=O)c3ccncn3)CC2)cn1. The van der Waals surface area contributed by atoms with Crippen LogP contribution in [0.4, 0.5) is 5.82 Å². The first-order chi connectivity index (χ1) is 12.1.